The minimum atomic E-state index is -0.497. The summed E-state index contributed by atoms with van der Waals surface area (Å²) in [7, 11) is 0. The summed E-state index contributed by atoms with van der Waals surface area (Å²) in [6.45, 7) is 7.71. The predicted octanol–water partition coefficient (Wildman–Crippen LogP) is 3.18. The van der Waals surface area contributed by atoms with E-state index < -0.39 is 5.60 Å². The molecule has 1 fully saturated rings. The summed E-state index contributed by atoms with van der Waals surface area (Å²) in [5, 5.41) is 9.33. The zero-order valence-corrected chi connectivity index (χ0v) is 15.5. The van der Waals surface area contributed by atoms with Crippen LogP contribution in [0.25, 0.3) is 0 Å². The number of carbonyl (C=O) groups is 2. The summed E-state index contributed by atoms with van der Waals surface area (Å²) >= 11 is 0. The van der Waals surface area contributed by atoms with Crippen LogP contribution in [0.5, 0.6) is 0 Å². The van der Waals surface area contributed by atoms with E-state index in [9.17, 15) is 9.59 Å². The highest BCUT2D eigenvalue weighted by atomic mass is 16.6. The minimum absolute atomic E-state index is 0.0581. The lowest BCUT2D eigenvalue weighted by Gasteiger charge is -2.25. The first-order valence-electron chi connectivity index (χ1n) is 8.83. The Kier molecular flexibility index (Phi) is 6.42. The molecule has 1 aliphatic rings. The number of rotatable bonds is 5. The molecule has 6 nitrogen and oxygen atoms in total. The van der Waals surface area contributed by atoms with Gasteiger partial charge in [0.25, 0.3) is 0 Å². The zero-order chi connectivity index (χ0) is 18.4. The molecule has 138 valence electrons. The number of benzene rings is 1. The van der Waals surface area contributed by atoms with E-state index in [1.54, 1.807) is 0 Å². The fraction of sp³-hybridized carbons (Fsp3) is 0.579. The third-order valence-electron chi connectivity index (χ3n) is 4.10. The van der Waals surface area contributed by atoms with Crippen LogP contribution >= 0.6 is 0 Å². The number of alkyl carbamates (subject to hydrolysis) is 1. The van der Waals surface area contributed by atoms with Gasteiger partial charge in [-0.25, -0.2) is 4.79 Å². The van der Waals surface area contributed by atoms with Crippen LogP contribution in [0.1, 0.15) is 52.5 Å². The molecule has 1 saturated carbocycles. The van der Waals surface area contributed by atoms with Crippen molar-refractivity contribution in [2.45, 2.75) is 71.2 Å². The number of anilines is 1. The number of nitrogens with one attached hydrogen (secondary N) is 3. The highest BCUT2D eigenvalue weighted by Crippen LogP contribution is 2.22. The van der Waals surface area contributed by atoms with E-state index in [1.165, 1.54) is 6.92 Å². The van der Waals surface area contributed by atoms with Crippen molar-refractivity contribution in [3.8, 4) is 0 Å². The van der Waals surface area contributed by atoms with Gasteiger partial charge in [0.15, 0.2) is 0 Å². The van der Waals surface area contributed by atoms with E-state index in [0.29, 0.717) is 6.54 Å². The summed E-state index contributed by atoms with van der Waals surface area (Å²) in [5.41, 5.74) is 1.35. The molecular formula is C19H29N3O3. The van der Waals surface area contributed by atoms with E-state index >= 15 is 0 Å². The number of amides is 2. The number of carbonyl (C=O) groups excluding carboxylic acids is 2. The van der Waals surface area contributed by atoms with Gasteiger partial charge in [0, 0.05) is 31.2 Å². The molecule has 0 radical (unpaired) electrons. The lowest BCUT2D eigenvalue weighted by atomic mass is 10.1. The van der Waals surface area contributed by atoms with Crippen LogP contribution < -0.4 is 16.0 Å². The average Bonchev–Trinajstić information content (AvgIpc) is 2.91. The van der Waals surface area contributed by atoms with Gasteiger partial charge >= 0.3 is 6.09 Å². The summed E-state index contributed by atoms with van der Waals surface area (Å²) in [6.07, 6.45) is 2.63. The normalized spacial score (nSPS) is 20.2. The highest BCUT2D eigenvalue weighted by Gasteiger charge is 2.29. The molecule has 1 aromatic rings. The van der Waals surface area contributed by atoms with Gasteiger partial charge in [-0.3, -0.25) is 4.79 Å². The lowest BCUT2D eigenvalue weighted by Crippen LogP contribution is -2.47. The van der Waals surface area contributed by atoms with Crippen LogP contribution in [-0.2, 0) is 16.1 Å². The van der Waals surface area contributed by atoms with Crippen molar-refractivity contribution in [2.75, 3.05) is 5.32 Å². The monoisotopic (exact) mass is 347 g/mol. The summed E-state index contributed by atoms with van der Waals surface area (Å²) in [6, 6.07) is 7.98. The number of hydrogen-bond donors (Lipinski definition) is 3. The van der Waals surface area contributed by atoms with Gasteiger partial charge in [0.2, 0.25) is 5.91 Å². The molecule has 0 saturated heterocycles. The Balaban J connectivity index is 1.92. The number of ether oxygens (including phenoxy) is 1. The molecule has 1 aliphatic carbocycles. The molecule has 0 heterocycles. The molecule has 2 unspecified atom stereocenters. The maximum absolute atomic E-state index is 12.0. The molecule has 1 aromatic carbocycles. The molecule has 6 heteroatoms. The Labute approximate surface area is 149 Å². The van der Waals surface area contributed by atoms with Gasteiger partial charge in [-0.05, 0) is 51.7 Å². The van der Waals surface area contributed by atoms with Crippen molar-refractivity contribution in [2.24, 2.45) is 0 Å². The van der Waals surface area contributed by atoms with Crippen LogP contribution in [0.15, 0.2) is 24.3 Å². The van der Waals surface area contributed by atoms with Crippen molar-refractivity contribution in [3.63, 3.8) is 0 Å². The fourth-order valence-electron chi connectivity index (χ4n) is 3.06. The summed E-state index contributed by atoms with van der Waals surface area (Å²) in [4.78, 5) is 23.3. The molecule has 0 aromatic heterocycles. The average molecular weight is 347 g/mol. The fourth-order valence-corrected chi connectivity index (χ4v) is 3.06. The Bertz CT molecular complexity index is 610. The van der Waals surface area contributed by atoms with E-state index in [1.807, 2.05) is 45.0 Å². The van der Waals surface area contributed by atoms with Crippen LogP contribution in [0, 0.1) is 0 Å². The van der Waals surface area contributed by atoms with Crippen LogP contribution in [0.3, 0.4) is 0 Å². The van der Waals surface area contributed by atoms with Crippen molar-refractivity contribution in [1.29, 1.82) is 0 Å². The SMILES string of the molecule is CC(=O)Nc1ccccc1CNC1CCCC1NC(=O)OC(C)(C)C. The van der Waals surface area contributed by atoms with Crippen molar-refractivity contribution >= 4 is 17.7 Å². The standard InChI is InChI=1S/C19H29N3O3/c1-13(23)21-15-9-6-5-8-14(15)12-20-16-10-7-11-17(16)22-18(24)25-19(2,3)4/h5-6,8-9,16-17,20H,7,10-12H2,1-4H3,(H,21,23)(H,22,24). The van der Waals surface area contributed by atoms with Gasteiger partial charge < -0.3 is 20.7 Å². The van der Waals surface area contributed by atoms with E-state index in [0.717, 1.165) is 30.5 Å². The van der Waals surface area contributed by atoms with Gasteiger partial charge in [-0.1, -0.05) is 18.2 Å². The maximum atomic E-state index is 12.0. The first-order chi connectivity index (χ1) is 11.7. The van der Waals surface area contributed by atoms with Gasteiger partial charge in [-0.2, -0.15) is 0 Å². The number of para-hydroxylation sites is 1. The second-order valence-corrected chi connectivity index (χ2v) is 7.51. The Morgan fingerprint density at radius 2 is 1.84 bits per heavy atom. The molecule has 0 aliphatic heterocycles. The lowest BCUT2D eigenvalue weighted by molar-refractivity contribution is -0.114. The molecule has 3 N–H and O–H groups in total. The molecule has 25 heavy (non-hydrogen) atoms. The topological polar surface area (TPSA) is 79.5 Å². The molecule has 2 atom stereocenters. The largest absolute Gasteiger partial charge is 0.444 e. The van der Waals surface area contributed by atoms with Crippen LogP contribution in [-0.4, -0.2) is 29.7 Å². The molecular weight excluding hydrogens is 318 g/mol. The second-order valence-electron chi connectivity index (χ2n) is 7.51. The molecule has 0 spiro atoms. The zero-order valence-electron chi connectivity index (χ0n) is 15.5. The number of hydrogen-bond acceptors (Lipinski definition) is 4. The maximum Gasteiger partial charge on any atom is 0.407 e. The Hall–Kier alpha value is -2.08. The van der Waals surface area contributed by atoms with E-state index in [4.69, 9.17) is 4.74 Å². The quantitative estimate of drug-likeness (QED) is 0.764. The van der Waals surface area contributed by atoms with Gasteiger partial charge in [-0.15, -0.1) is 0 Å². The van der Waals surface area contributed by atoms with Crippen LogP contribution in [0.4, 0.5) is 10.5 Å². The second kappa shape index (κ2) is 8.34. The van der Waals surface area contributed by atoms with Crippen LogP contribution in [0.2, 0.25) is 0 Å². The Morgan fingerprint density at radius 3 is 2.52 bits per heavy atom. The van der Waals surface area contributed by atoms with Crippen molar-refractivity contribution < 1.29 is 14.3 Å². The molecule has 2 rings (SSSR count). The van der Waals surface area contributed by atoms with E-state index in [-0.39, 0.29) is 24.1 Å². The Morgan fingerprint density at radius 1 is 1.16 bits per heavy atom. The summed E-state index contributed by atoms with van der Waals surface area (Å²) < 4.78 is 5.35. The predicted molar refractivity (Wildman–Crippen MR) is 98.4 cm³/mol. The smallest absolute Gasteiger partial charge is 0.407 e. The third-order valence-corrected chi connectivity index (χ3v) is 4.10. The molecule has 0 bridgehead atoms. The van der Waals surface area contributed by atoms with Crippen molar-refractivity contribution in [1.82, 2.24) is 10.6 Å². The first kappa shape index (κ1) is 19.2. The molecule has 2 amide bonds. The van der Waals surface area contributed by atoms with E-state index in [2.05, 4.69) is 16.0 Å². The van der Waals surface area contributed by atoms with Gasteiger partial charge in [0.05, 0.1) is 0 Å². The third kappa shape index (κ3) is 6.38. The van der Waals surface area contributed by atoms with Gasteiger partial charge in [0.1, 0.15) is 5.60 Å². The summed E-state index contributed by atoms with van der Waals surface area (Å²) in [5.74, 6) is -0.0854. The van der Waals surface area contributed by atoms with Crippen molar-refractivity contribution in [3.05, 3.63) is 29.8 Å². The highest BCUT2D eigenvalue weighted by molar-refractivity contribution is 5.89. The minimum Gasteiger partial charge on any atom is -0.444 e. The first-order valence-corrected chi connectivity index (χ1v) is 8.83.